The van der Waals surface area contributed by atoms with E-state index < -0.39 is 17.7 Å². The molecule has 0 saturated carbocycles. The van der Waals surface area contributed by atoms with Crippen molar-refractivity contribution in [3.05, 3.63) is 106 Å². The number of likely N-dealkylation sites (tertiary alicyclic amines) is 1. The van der Waals surface area contributed by atoms with Gasteiger partial charge in [0.1, 0.15) is 17.6 Å². The predicted octanol–water partition coefficient (Wildman–Crippen LogP) is 3.59. The highest BCUT2D eigenvalue weighted by molar-refractivity contribution is 5.87. The maximum absolute atomic E-state index is 13.5. The van der Waals surface area contributed by atoms with Crippen molar-refractivity contribution in [1.82, 2.24) is 15.2 Å². The Morgan fingerprint density at radius 2 is 1.84 bits per heavy atom. The minimum atomic E-state index is -1.97. The Hall–Kier alpha value is -4.22. The van der Waals surface area contributed by atoms with E-state index in [-0.39, 0.29) is 17.4 Å². The van der Waals surface area contributed by atoms with Gasteiger partial charge in [-0.2, -0.15) is 0 Å². The van der Waals surface area contributed by atoms with E-state index in [2.05, 4.69) is 15.2 Å². The molecule has 2 unspecified atom stereocenters. The molecule has 10 nitrogen and oxygen atoms in total. The van der Waals surface area contributed by atoms with Crippen LogP contribution in [0.5, 0.6) is 11.5 Å². The van der Waals surface area contributed by atoms with Crippen LogP contribution in [0, 0.1) is 0 Å². The number of aromatic hydroxyl groups is 1. The number of rotatable bonds is 14. The number of phenolic OH excluding ortho intramolecular Hbond substituents is 1. The van der Waals surface area contributed by atoms with Gasteiger partial charge in [0.15, 0.2) is 0 Å². The zero-order chi connectivity index (χ0) is 31.8. The fourth-order valence-electron chi connectivity index (χ4n) is 5.74. The van der Waals surface area contributed by atoms with Gasteiger partial charge in [0, 0.05) is 36.7 Å². The first-order chi connectivity index (χ1) is 21.8. The summed E-state index contributed by atoms with van der Waals surface area (Å²) in [4.78, 5) is 29.8. The summed E-state index contributed by atoms with van der Waals surface area (Å²) in [6, 6.07) is 21.9. The van der Waals surface area contributed by atoms with Crippen molar-refractivity contribution in [2.75, 3.05) is 39.8 Å². The molecule has 5 N–H and O–H groups in total. The van der Waals surface area contributed by atoms with Crippen LogP contribution in [0.3, 0.4) is 0 Å². The fourth-order valence-corrected chi connectivity index (χ4v) is 5.74. The van der Waals surface area contributed by atoms with Gasteiger partial charge >= 0.3 is 5.97 Å². The first kappa shape index (κ1) is 32.2. The van der Waals surface area contributed by atoms with E-state index in [0.717, 1.165) is 32.2 Å². The molecule has 0 spiro atoms. The molecule has 0 amide bonds. The third-order valence-electron chi connectivity index (χ3n) is 8.23. The van der Waals surface area contributed by atoms with Gasteiger partial charge in [0.05, 0.1) is 18.2 Å². The van der Waals surface area contributed by atoms with Crippen LogP contribution in [-0.2, 0) is 15.1 Å². The number of unbranched alkanes of at least 4 members (excludes halogenated alkanes) is 2. The Bertz CT molecular complexity index is 1640. The standard InChI is InChI=1S/C35H41N3O7/c1-38-19-17-27(23-38)45-34(42)35(43,24-9-4-2-5-10-24)25-11-8-12-26(21-25)44-20-7-3-6-18-36-22-31(40)28-13-15-30(39)33-29(28)14-16-32(41)37-33/h2,4-5,8-16,21,27,31,36,39-40,43H,3,6-7,17-20,22-23H2,1H3,(H,37,41)/t27?,31-,35?/m0/s1. The minimum absolute atomic E-state index is 0.0394. The molecular formula is C35H41N3O7. The van der Waals surface area contributed by atoms with Gasteiger partial charge in [0.2, 0.25) is 11.2 Å². The summed E-state index contributed by atoms with van der Waals surface area (Å²) in [6.07, 6.45) is 2.21. The van der Waals surface area contributed by atoms with Crippen molar-refractivity contribution in [1.29, 1.82) is 0 Å². The largest absolute Gasteiger partial charge is 0.506 e. The second kappa shape index (κ2) is 14.7. The van der Waals surface area contributed by atoms with Gasteiger partial charge in [-0.1, -0.05) is 48.5 Å². The van der Waals surface area contributed by atoms with Gasteiger partial charge < -0.3 is 40.0 Å². The monoisotopic (exact) mass is 615 g/mol. The highest BCUT2D eigenvalue weighted by Crippen LogP contribution is 2.34. The van der Waals surface area contributed by atoms with Gasteiger partial charge in [-0.3, -0.25) is 4.79 Å². The molecule has 45 heavy (non-hydrogen) atoms. The summed E-state index contributed by atoms with van der Waals surface area (Å²) in [5, 5.41) is 36.5. The summed E-state index contributed by atoms with van der Waals surface area (Å²) < 4.78 is 11.8. The van der Waals surface area contributed by atoms with Gasteiger partial charge in [-0.05, 0) is 74.7 Å². The number of benzene rings is 3. The fraction of sp³-hybridized carbons (Fsp3) is 0.371. The molecule has 1 aliphatic heterocycles. The van der Waals surface area contributed by atoms with Crippen LogP contribution >= 0.6 is 0 Å². The van der Waals surface area contributed by atoms with E-state index in [0.29, 0.717) is 59.6 Å². The molecule has 5 rings (SSSR count). The number of hydrogen-bond donors (Lipinski definition) is 5. The maximum atomic E-state index is 13.5. The van der Waals surface area contributed by atoms with Gasteiger partial charge in [-0.15, -0.1) is 0 Å². The zero-order valence-corrected chi connectivity index (χ0v) is 25.4. The molecule has 3 aromatic carbocycles. The molecule has 1 fully saturated rings. The van der Waals surface area contributed by atoms with Gasteiger partial charge in [-0.25, -0.2) is 4.79 Å². The Morgan fingerprint density at radius 1 is 1.04 bits per heavy atom. The van der Waals surface area contributed by atoms with E-state index in [1.807, 2.05) is 13.1 Å². The Labute approximate surface area is 262 Å². The molecule has 0 radical (unpaired) electrons. The second-order valence-electron chi connectivity index (χ2n) is 11.6. The number of aliphatic hydroxyl groups excluding tert-OH is 1. The lowest BCUT2D eigenvalue weighted by Crippen LogP contribution is -2.41. The first-order valence-corrected chi connectivity index (χ1v) is 15.4. The van der Waals surface area contributed by atoms with E-state index in [1.165, 1.54) is 12.1 Å². The summed E-state index contributed by atoms with van der Waals surface area (Å²) >= 11 is 0. The Kier molecular flexibility index (Phi) is 10.5. The van der Waals surface area contributed by atoms with E-state index >= 15 is 0 Å². The number of carbonyl (C=O) groups excluding carboxylic acids is 1. The van der Waals surface area contributed by atoms with Crippen LogP contribution in [0.25, 0.3) is 10.9 Å². The number of hydrogen-bond acceptors (Lipinski definition) is 9. The second-order valence-corrected chi connectivity index (χ2v) is 11.6. The number of phenols is 1. The number of fused-ring (bicyclic) bond motifs is 1. The SMILES string of the molecule is CN1CCC(OC(=O)C(O)(c2ccccc2)c2cccc(OCCCCCNC[C@H](O)c3ccc(O)c4[nH]c(=O)ccc34)c2)C1. The number of pyridine rings is 1. The van der Waals surface area contributed by atoms with Crippen molar-refractivity contribution in [3.63, 3.8) is 0 Å². The number of esters is 1. The molecule has 2 heterocycles. The number of carbonyl (C=O) groups is 1. The normalized spacial score (nSPS) is 17.2. The maximum Gasteiger partial charge on any atom is 0.348 e. The van der Waals surface area contributed by atoms with Crippen molar-refractivity contribution in [2.45, 2.75) is 43.5 Å². The molecule has 1 saturated heterocycles. The lowest BCUT2D eigenvalue weighted by atomic mass is 9.86. The number of aromatic amines is 1. The lowest BCUT2D eigenvalue weighted by molar-refractivity contribution is -0.167. The molecule has 4 aromatic rings. The van der Waals surface area contributed by atoms with E-state index in [1.54, 1.807) is 60.7 Å². The summed E-state index contributed by atoms with van der Waals surface area (Å²) in [5.74, 6) is -0.182. The van der Waals surface area contributed by atoms with Crippen LogP contribution < -0.4 is 15.6 Å². The molecule has 1 aliphatic rings. The van der Waals surface area contributed by atoms with Crippen LogP contribution in [0.15, 0.2) is 83.7 Å². The molecule has 0 aliphatic carbocycles. The average Bonchev–Trinajstić information content (AvgIpc) is 3.46. The van der Waals surface area contributed by atoms with Crippen LogP contribution in [-0.4, -0.2) is 77.1 Å². The average molecular weight is 616 g/mol. The van der Waals surface area contributed by atoms with Crippen LogP contribution in [0.4, 0.5) is 0 Å². The predicted molar refractivity (Wildman–Crippen MR) is 171 cm³/mol. The third-order valence-corrected chi connectivity index (χ3v) is 8.23. The van der Waals surface area contributed by atoms with E-state index in [9.17, 15) is 24.9 Å². The molecule has 238 valence electrons. The zero-order valence-electron chi connectivity index (χ0n) is 25.4. The van der Waals surface area contributed by atoms with Crippen LogP contribution in [0.1, 0.15) is 48.5 Å². The molecule has 1 aromatic heterocycles. The molecule has 3 atom stereocenters. The Balaban J connectivity index is 1.10. The molecule has 0 bridgehead atoms. The summed E-state index contributed by atoms with van der Waals surface area (Å²) in [5.41, 5.74) is -0.530. The molecule has 10 heteroatoms. The highest BCUT2D eigenvalue weighted by Gasteiger charge is 2.43. The number of aliphatic hydroxyl groups is 2. The summed E-state index contributed by atoms with van der Waals surface area (Å²) in [6.45, 7) is 2.96. The number of H-pyrrole nitrogens is 1. The summed E-state index contributed by atoms with van der Waals surface area (Å²) in [7, 11) is 1.98. The number of aromatic nitrogens is 1. The van der Waals surface area contributed by atoms with Gasteiger partial charge in [0.25, 0.3) is 0 Å². The number of ether oxygens (including phenoxy) is 2. The number of likely N-dealkylation sites (N-methyl/N-ethyl adjacent to an activating group) is 1. The highest BCUT2D eigenvalue weighted by atomic mass is 16.6. The van der Waals surface area contributed by atoms with Crippen molar-refractivity contribution < 1.29 is 29.6 Å². The Morgan fingerprint density at radius 3 is 2.62 bits per heavy atom. The quantitative estimate of drug-likeness (QED) is 0.106. The topological polar surface area (TPSA) is 144 Å². The number of nitrogens with zero attached hydrogens (tertiary/aromatic N) is 1. The van der Waals surface area contributed by atoms with E-state index in [4.69, 9.17) is 9.47 Å². The van der Waals surface area contributed by atoms with Crippen LogP contribution in [0.2, 0.25) is 0 Å². The third kappa shape index (κ3) is 7.72. The lowest BCUT2D eigenvalue weighted by Gasteiger charge is -2.29. The van der Waals surface area contributed by atoms with Crippen molar-refractivity contribution >= 4 is 16.9 Å². The minimum Gasteiger partial charge on any atom is -0.506 e. The number of nitrogens with one attached hydrogen (secondary N) is 2. The van der Waals surface area contributed by atoms with Crippen molar-refractivity contribution in [2.24, 2.45) is 0 Å². The smallest absolute Gasteiger partial charge is 0.348 e. The molecular weight excluding hydrogens is 574 g/mol. The van der Waals surface area contributed by atoms with Crippen molar-refractivity contribution in [3.8, 4) is 11.5 Å². The first-order valence-electron chi connectivity index (χ1n) is 15.4.